The lowest BCUT2D eigenvalue weighted by molar-refractivity contribution is -0.195. The van der Waals surface area contributed by atoms with Gasteiger partial charge in [-0.3, -0.25) is 0 Å². The van der Waals surface area contributed by atoms with E-state index in [4.69, 9.17) is 14.2 Å². The molecule has 3 rings (SSSR count). The summed E-state index contributed by atoms with van der Waals surface area (Å²) >= 11 is 0. The molecule has 122 valence electrons. The molecule has 0 saturated carbocycles. The predicted molar refractivity (Wildman–Crippen MR) is 86.9 cm³/mol. The lowest BCUT2D eigenvalue weighted by atomic mass is 10.1. The standard InChI is InChI=1S/C19H22O4/c20-17-13-21-14-18(22-11-15-7-3-1-4-8-15)19(17)23-12-16-9-5-2-6-10-16/h1-10,17-20H,11-14H2/t17-,18+,19+/m0/s1. The number of benzene rings is 2. The van der Waals surface area contributed by atoms with Crippen LogP contribution in [0, 0.1) is 0 Å². The molecule has 23 heavy (non-hydrogen) atoms. The molecule has 2 aromatic carbocycles. The van der Waals surface area contributed by atoms with E-state index in [1.807, 2.05) is 60.7 Å². The number of aliphatic hydroxyl groups is 1. The van der Waals surface area contributed by atoms with Crippen molar-refractivity contribution >= 4 is 0 Å². The van der Waals surface area contributed by atoms with Crippen LogP contribution in [0.1, 0.15) is 11.1 Å². The van der Waals surface area contributed by atoms with Crippen molar-refractivity contribution in [2.45, 2.75) is 31.5 Å². The summed E-state index contributed by atoms with van der Waals surface area (Å²) in [4.78, 5) is 0. The van der Waals surface area contributed by atoms with Crippen molar-refractivity contribution in [3.8, 4) is 0 Å². The molecular formula is C19H22O4. The van der Waals surface area contributed by atoms with Crippen molar-refractivity contribution in [1.82, 2.24) is 0 Å². The Hall–Kier alpha value is -1.72. The molecule has 1 heterocycles. The summed E-state index contributed by atoms with van der Waals surface area (Å²) in [5, 5.41) is 10.2. The number of aliphatic hydroxyl groups excluding tert-OH is 1. The highest BCUT2D eigenvalue weighted by molar-refractivity contribution is 5.14. The molecule has 0 aliphatic carbocycles. The molecule has 4 nitrogen and oxygen atoms in total. The van der Waals surface area contributed by atoms with Crippen molar-refractivity contribution in [3.05, 3.63) is 71.8 Å². The van der Waals surface area contributed by atoms with Gasteiger partial charge in [0.15, 0.2) is 0 Å². The second kappa shape index (κ2) is 8.22. The highest BCUT2D eigenvalue weighted by atomic mass is 16.6. The third-order valence-corrected chi connectivity index (χ3v) is 3.91. The first-order chi connectivity index (χ1) is 11.3. The van der Waals surface area contributed by atoms with Crippen LogP contribution in [0.5, 0.6) is 0 Å². The topological polar surface area (TPSA) is 47.9 Å². The van der Waals surface area contributed by atoms with Gasteiger partial charge in [-0.1, -0.05) is 60.7 Å². The van der Waals surface area contributed by atoms with Gasteiger partial charge >= 0.3 is 0 Å². The maximum Gasteiger partial charge on any atom is 0.114 e. The first-order valence-corrected chi connectivity index (χ1v) is 7.90. The van der Waals surface area contributed by atoms with Gasteiger partial charge in [-0.25, -0.2) is 0 Å². The van der Waals surface area contributed by atoms with Crippen molar-refractivity contribution < 1.29 is 19.3 Å². The molecular weight excluding hydrogens is 292 g/mol. The minimum Gasteiger partial charge on any atom is -0.388 e. The SMILES string of the molecule is O[C@H]1COC[C@@H](OCc2ccccc2)[C@@H]1OCc1ccccc1. The minimum atomic E-state index is -0.673. The van der Waals surface area contributed by atoms with Gasteiger partial charge in [0.25, 0.3) is 0 Å². The van der Waals surface area contributed by atoms with Gasteiger partial charge in [-0.05, 0) is 11.1 Å². The Morgan fingerprint density at radius 3 is 2.00 bits per heavy atom. The van der Waals surface area contributed by atoms with Crippen LogP contribution in [0.25, 0.3) is 0 Å². The second-order valence-corrected chi connectivity index (χ2v) is 5.70. The number of rotatable bonds is 6. The highest BCUT2D eigenvalue weighted by Crippen LogP contribution is 2.19. The fraction of sp³-hybridized carbons (Fsp3) is 0.368. The van der Waals surface area contributed by atoms with Crippen LogP contribution < -0.4 is 0 Å². The smallest absolute Gasteiger partial charge is 0.114 e. The van der Waals surface area contributed by atoms with E-state index < -0.39 is 6.10 Å². The van der Waals surface area contributed by atoms with E-state index in [9.17, 15) is 5.11 Å². The van der Waals surface area contributed by atoms with E-state index in [1.54, 1.807) is 0 Å². The summed E-state index contributed by atoms with van der Waals surface area (Å²) in [7, 11) is 0. The summed E-state index contributed by atoms with van der Waals surface area (Å²) in [5.41, 5.74) is 2.17. The van der Waals surface area contributed by atoms with Gasteiger partial charge in [0.1, 0.15) is 18.3 Å². The van der Waals surface area contributed by atoms with E-state index in [2.05, 4.69) is 0 Å². The summed E-state index contributed by atoms with van der Waals surface area (Å²) in [6.07, 6.45) is -1.33. The van der Waals surface area contributed by atoms with Crippen molar-refractivity contribution in [1.29, 1.82) is 0 Å². The Bertz CT molecular complexity index is 572. The molecule has 3 atom stereocenters. The normalized spacial score (nSPS) is 24.5. The molecule has 1 saturated heterocycles. The van der Waals surface area contributed by atoms with Crippen molar-refractivity contribution in [2.75, 3.05) is 13.2 Å². The second-order valence-electron chi connectivity index (χ2n) is 5.70. The van der Waals surface area contributed by atoms with Crippen LogP contribution in [-0.4, -0.2) is 36.6 Å². The summed E-state index contributed by atoms with van der Waals surface area (Å²) in [6, 6.07) is 19.9. The predicted octanol–water partition coefficient (Wildman–Crippen LogP) is 2.55. The molecule has 1 fully saturated rings. The highest BCUT2D eigenvalue weighted by Gasteiger charge is 2.34. The molecule has 0 amide bonds. The van der Waals surface area contributed by atoms with Gasteiger partial charge in [0.05, 0.1) is 26.4 Å². The number of hydrogen-bond acceptors (Lipinski definition) is 4. The number of hydrogen-bond donors (Lipinski definition) is 1. The summed E-state index contributed by atoms with van der Waals surface area (Å²) in [5.74, 6) is 0. The quantitative estimate of drug-likeness (QED) is 0.890. The van der Waals surface area contributed by atoms with Gasteiger partial charge < -0.3 is 19.3 Å². The van der Waals surface area contributed by atoms with E-state index in [-0.39, 0.29) is 18.8 Å². The average molecular weight is 314 g/mol. The Kier molecular flexibility index (Phi) is 5.77. The first-order valence-electron chi connectivity index (χ1n) is 7.90. The first kappa shape index (κ1) is 16.1. The zero-order valence-electron chi connectivity index (χ0n) is 13.0. The van der Waals surface area contributed by atoms with Gasteiger partial charge in [0, 0.05) is 0 Å². The van der Waals surface area contributed by atoms with Crippen LogP contribution >= 0.6 is 0 Å². The fourth-order valence-corrected chi connectivity index (χ4v) is 2.65. The molecule has 0 spiro atoms. The van der Waals surface area contributed by atoms with Crippen LogP contribution in [0.2, 0.25) is 0 Å². The van der Waals surface area contributed by atoms with Gasteiger partial charge in [-0.15, -0.1) is 0 Å². The third-order valence-electron chi connectivity index (χ3n) is 3.91. The zero-order chi connectivity index (χ0) is 15.9. The van der Waals surface area contributed by atoms with Crippen LogP contribution in [-0.2, 0) is 27.4 Å². The molecule has 1 aliphatic rings. The third kappa shape index (κ3) is 4.62. The van der Waals surface area contributed by atoms with Crippen LogP contribution in [0.15, 0.2) is 60.7 Å². The Labute approximate surface area is 136 Å². The van der Waals surface area contributed by atoms with Gasteiger partial charge in [0.2, 0.25) is 0 Å². The van der Waals surface area contributed by atoms with E-state index in [0.29, 0.717) is 19.8 Å². The molecule has 0 aromatic heterocycles. The Morgan fingerprint density at radius 2 is 1.39 bits per heavy atom. The minimum absolute atomic E-state index is 0.275. The van der Waals surface area contributed by atoms with Gasteiger partial charge in [-0.2, -0.15) is 0 Å². The Morgan fingerprint density at radius 1 is 0.826 bits per heavy atom. The largest absolute Gasteiger partial charge is 0.388 e. The lowest BCUT2D eigenvalue weighted by Crippen LogP contribution is -2.50. The lowest BCUT2D eigenvalue weighted by Gasteiger charge is -2.35. The average Bonchev–Trinajstić information content (AvgIpc) is 2.61. The van der Waals surface area contributed by atoms with Crippen LogP contribution in [0.3, 0.4) is 0 Å². The molecule has 0 radical (unpaired) electrons. The van der Waals surface area contributed by atoms with Crippen molar-refractivity contribution in [3.63, 3.8) is 0 Å². The van der Waals surface area contributed by atoms with E-state index >= 15 is 0 Å². The molecule has 1 N–H and O–H groups in total. The molecule has 0 unspecified atom stereocenters. The van der Waals surface area contributed by atoms with Crippen molar-refractivity contribution in [2.24, 2.45) is 0 Å². The number of ether oxygens (including phenoxy) is 3. The molecule has 0 bridgehead atoms. The zero-order valence-corrected chi connectivity index (χ0v) is 13.0. The summed E-state index contributed by atoms with van der Waals surface area (Å²) in [6.45, 7) is 1.65. The van der Waals surface area contributed by atoms with E-state index in [1.165, 1.54) is 0 Å². The molecule has 4 heteroatoms. The molecule has 1 aliphatic heterocycles. The van der Waals surface area contributed by atoms with E-state index in [0.717, 1.165) is 11.1 Å². The van der Waals surface area contributed by atoms with Crippen LogP contribution in [0.4, 0.5) is 0 Å². The summed E-state index contributed by atoms with van der Waals surface area (Å²) < 4.78 is 17.3. The fourth-order valence-electron chi connectivity index (χ4n) is 2.65. The monoisotopic (exact) mass is 314 g/mol. The maximum absolute atomic E-state index is 10.2. The Balaban J connectivity index is 1.58. The maximum atomic E-state index is 10.2. The molecule has 2 aromatic rings.